The summed E-state index contributed by atoms with van der Waals surface area (Å²) in [6.45, 7) is 3.01. The summed E-state index contributed by atoms with van der Waals surface area (Å²) in [7, 11) is 1.65. The fourth-order valence-corrected chi connectivity index (χ4v) is 1.20. The predicted octanol–water partition coefficient (Wildman–Crippen LogP) is 1.70. The number of hydrogen-bond acceptors (Lipinski definition) is 5. The van der Waals surface area contributed by atoms with Crippen molar-refractivity contribution in [1.29, 1.82) is 0 Å². The van der Waals surface area contributed by atoms with Crippen molar-refractivity contribution in [1.82, 2.24) is 9.97 Å². The largest absolute Gasteiger partial charge is 0.382 e. The molecule has 17 heavy (non-hydrogen) atoms. The highest BCUT2D eigenvalue weighted by Crippen LogP contribution is 2.02. The molecule has 0 aliphatic rings. The van der Waals surface area contributed by atoms with E-state index in [4.69, 9.17) is 25.8 Å². The Morgan fingerprint density at radius 1 is 1.06 bits per heavy atom. The van der Waals surface area contributed by atoms with E-state index >= 15 is 0 Å². The molecule has 0 spiro atoms. The molecule has 5 nitrogen and oxygen atoms in total. The van der Waals surface area contributed by atoms with Crippen molar-refractivity contribution in [2.75, 3.05) is 33.5 Å². The van der Waals surface area contributed by atoms with E-state index in [0.717, 1.165) is 12.1 Å². The lowest BCUT2D eigenvalue weighted by Gasteiger charge is -2.04. The van der Waals surface area contributed by atoms with Crippen molar-refractivity contribution in [2.45, 2.75) is 13.0 Å². The van der Waals surface area contributed by atoms with Gasteiger partial charge in [0.25, 0.3) is 0 Å². The number of methoxy groups -OCH3 is 1. The third-order valence-electron chi connectivity index (χ3n) is 1.93. The monoisotopic (exact) mass is 260 g/mol. The van der Waals surface area contributed by atoms with Crippen LogP contribution in [0.15, 0.2) is 12.4 Å². The molecule has 0 aromatic carbocycles. The molecular weight excluding hydrogens is 244 g/mol. The van der Waals surface area contributed by atoms with Gasteiger partial charge in [0.15, 0.2) is 0 Å². The highest BCUT2D eigenvalue weighted by atomic mass is 35.5. The molecule has 6 heteroatoms. The summed E-state index contributed by atoms with van der Waals surface area (Å²) in [6.07, 6.45) is 3.97. The normalized spacial score (nSPS) is 10.7. The Morgan fingerprint density at radius 2 is 1.88 bits per heavy atom. The van der Waals surface area contributed by atoms with Crippen LogP contribution < -0.4 is 0 Å². The van der Waals surface area contributed by atoms with Gasteiger partial charge in [-0.15, -0.1) is 0 Å². The summed E-state index contributed by atoms with van der Waals surface area (Å²) in [5.41, 5.74) is 0.773. The Labute approximate surface area is 106 Å². The molecule has 0 amide bonds. The van der Waals surface area contributed by atoms with Crippen LogP contribution in [-0.2, 0) is 20.8 Å². The van der Waals surface area contributed by atoms with Gasteiger partial charge in [0.1, 0.15) is 5.15 Å². The van der Waals surface area contributed by atoms with E-state index in [1.54, 1.807) is 13.3 Å². The first-order valence-electron chi connectivity index (χ1n) is 5.44. The maximum absolute atomic E-state index is 5.61. The van der Waals surface area contributed by atoms with Crippen LogP contribution in [0.1, 0.15) is 12.1 Å². The van der Waals surface area contributed by atoms with Gasteiger partial charge in [-0.05, 0) is 6.42 Å². The molecule has 0 fully saturated rings. The van der Waals surface area contributed by atoms with Gasteiger partial charge < -0.3 is 14.2 Å². The molecule has 0 aliphatic heterocycles. The fourth-order valence-electron chi connectivity index (χ4n) is 1.10. The molecule has 1 aromatic rings. The Kier molecular flexibility index (Phi) is 7.83. The van der Waals surface area contributed by atoms with Crippen LogP contribution in [0.2, 0.25) is 5.15 Å². The quantitative estimate of drug-likeness (QED) is 0.633. The van der Waals surface area contributed by atoms with Crippen molar-refractivity contribution < 1.29 is 14.2 Å². The van der Waals surface area contributed by atoms with Crippen molar-refractivity contribution in [2.24, 2.45) is 0 Å². The number of nitrogens with zero attached hydrogens (tertiary/aromatic N) is 2. The lowest BCUT2D eigenvalue weighted by molar-refractivity contribution is 0.0478. The van der Waals surface area contributed by atoms with Gasteiger partial charge in [-0.1, -0.05) is 11.6 Å². The van der Waals surface area contributed by atoms with Crippen molar-refractivity contribution >= 4 is 11.6 Å². The van der Waals surface area contributed by atoms with Gasteiger partial charge in [0.2, 0.25) is 0 Å². The minimum absolute atomic E-state index is 0.389. The number of rotatable bonds is 9. The standard InChI is InChI=1S/C11H17ClN2O3/c1-15-5-6-16-3-2-4-17-9-10-7-14-11(12)8-13-10/h7-8H,2-6,9H2,1H3. The molecule has 1 rings (SSSR count). The second-order valence-electron chi connectivity index (χ2n) is 3.34. The molecule has 1 aromatic heterocycles. The lowest BCUT2D eigenvalue weighted by Crippen LogP contribution is -2.06. The van der Waals surface area contributed by atoms with E-state index in [1.165, 1.54) is 6.20 Å². The summed E-state index contributed by atoms with van der Waals surface area (Å²) >= 11 is 5.61. The van der Waals surface area contributed by atoms with Gasteiger partial charge in [0.05, 0.1) is 37.9 Å². The minimum Gasteiger partial charge on any atom is -0.382 e. The first-order valence-corrected chi connectivity index (χ1v) is 5.81. The second kappa shape index (κ2) is 9.30. The van der Waals surface area contributed by atoms with Gasteiger partial charge in [-0.2, -0.15) is 0 Å². The molecule has 0 saturated carbocycles. The summed E-state index contributed by atoms with van der Waals surface area (Å²) < 4.78 is 15.6. The average molecular weight is 261 g/mol. The van der Waals surface area contributed by atoms with Gasteiger partial charge >= 0.3 is 0 Å². The second-order valence-corrected chi connectivity index (χ2v) is 3.73. The van der Waals surface area contributed by atoms with Gasteiger partial charge in [-0.3, -0.25) is 4.98 Å². The molecule has 0 aliphatic carbocycles. The van der Waals surface area contributed by atoms with Crippen LogP contribution in [0.5, 0.6) is 0 Å². The Morgan fingerprint density at radius 3 is 2.59 bits per heavy atom. The summed E-state index contributed by atoms with van der Waals surface area (Å²) in [6, 6.07) is 0. The molecule has 0 unspecified atom stereocenters. The Balaban J connectivity index is 1.95. The molecule has 0 N–H and O–H groups in total. The minimum atomic E-state index is 0.389. The third-order valence-corrected chi connectivity index (χ3v) is 2.13. The van der Waals surface area contributed by atoms with Crippen molar-refractivity contribution in [3.8, 4) is 0 Å². The van der Waals surface area contributed by atoms with E-state index in [-0.39, 0.29) is 0 Å². The number of aromatic nitrogens is 2. The molecule has 0 saturated heterocycles. The van der Waals surface area contributed by atoms with E-state index in [0.29, 0.717) is 38.2 Å². The zero-order valence-corrected chi connectivity index (χ0v) is 10.7. The van der Waals surface area contributed by atoms with E-state index < -0.39 is 0 Å². The number of ether oxygens (including phenoxy) is 3. The number of hydrogen-bond donors (Lipinski definition) is 0. The molecule has 0 atom stereocenters. The third kappa shape index (κ3) is 7.23. The van der Waals surface area contributed by atoms with Crippen molar-refractivity contribution in [3.05, 3.63) is 23.2 Å². The predicted molar refractivity (Wildman–Crippen MR) is 64.0 cm³/mol. The van der Waals surface area contributed by atoms with Crippen LogP contribution in [-0.4, -0.2) is 43.5 Å². The van der Waals surface area contributed by atoms with Crippen LogP contribution in [0.4, 0.5) is 0 Å². The summed E-state index contributed by atoms with van der Waals surface area (Å²) in [4.78, 5) is 7.98. The molecular formula is C11H17ClN2O3. The first kappa shape index (κ1) is 14.3. The first-order chi connectivity index (χ1) is 8.33. The van der Waals surface area contributed by atoms with E-state index in [1.807, 2.05) is 0 Å². The van der Waals surface area contributed by atoms with Gasteiger partial charge in [0, 0.05) is 20.3 Å². The van der Waals surface area contributed by atoms with Crippen LogP contribution >= 0.6 is 11.6 Å². The molecule has 1 heterocycles. The van der Waals surface area contributed by atoms with Crippen LogP contribution in [0.3, 0.4) is 0 Å². The molecule has 0 radical (unpaired) electrons. The zero-order chi connectivity index (χ0) is 12.3. The Hall–Kier alpha value is -0.750. The van der Waals surface area contributed by atoms with E-state index in [2.05, 4.69) is 9.97 Å². The maximum atomic E-state index is 5.61. The van der Waals surface area contributed by atoms with Crippen LogP contribution in [0.25, 0.3) is 0 Å². The van der Waals surface area contributed by atoms with Crippen LogP contribution in [0, 0.1) is 0 Å². The van der Waals surface area contributed by atoms with Crippen molar-refractivity contribution in [3.63, 3.8) is 0 Å². The van der Waals surface area contributed by atoms with E-state index in [9.17, 15) is 0 Å². The highest BCUT2D eigenvalue weighted by Gasteiger charge is 1.96. The number of halogens is 1. The van der Waals surface area contributed by atoms with Gasteiger partial charge in [-0.25, -0.2) is 4.98 Å². The topological polar surface area (TPSA) is 53.5 Å². The SMILES string of the molecule is COCCOCCCOCc1cnc(Cl)cn1. The highest BCUT2D eigenvalue weighted by molar-refractivity contribution is 6.29. The summed E-state index contributed by atoms with van der Waals surface area (Å²) in [5.74, 6) is 0. The smallest absolute Gasteiger partial charge is 0.147 e. The molecule has 96 valence electrons. The average Bonchev–Trinajstić information content (AvgIpc) is 2.35. The Bertz CT molecular complexity index is 295. The summed E-state index contributed by atoms with van der Waals surface area (Å²) in [5, 5.41) is 0.389. The maximum Gasteiger partial charge on any atom is 0.147 e. The zero-order valence-electron chi connectivity index (χ0n) is 9.89. The fraction of sp³-hybridized carbons (Fsp3) is 0.636. The lowest BCUT2D eigenvalue weighted by atomic mass is 10.4. The molecule has 0 bridgehead atoms.